The van der Waals surface area contributed by atoms with Gasteiger partial charge in [-0.25, -0.2) is 14.2 Å². The Hall–Kier alpha value is -3.42. The van der Waals surface area contributed by atoms with E-state index in [-0.39, 0.29) is 23.7 Å². The van der Waals surface area contributed by atoms with Crippen LogP contribution in [0, 0.1) is 5.82 Å². The fourth-order valence-corrected chi connectivity index (χ4v) is 3.12. The topological polar surface area (TPSA) is 96.6 Å². The number of hydrogen-bond donors (Lipinski definition) is 2. The van der Waals surface area contributed by atoms with Crippen molar-refractivity contribution in [1.82, 2.24) is 14.9 Å². The monoisotopic (exact) mass is 397 g/mol. The zero-order chi connectivity index (χ0) is 21.1. The first-order valence-corrected chi connectivity index (χ1v) is 9.35. The molecule has 0 atom stereocenters. The van der Waals surface area contributed by atoms with Crippen molar-refractivity contribution in [3.8, 4) is 11.4 Å². The van der Waals surface area contributed by atoms with Crippen LogP contribution in [0.2, 0.25) is 0 Å². The molecule has 0 saturated carbocycles. The molecular formula is C21H24FN5O2. The molecule has 0 aliphatic rings. The molecule has 8 heteroatoms. The SMILES string of the molecule is CC(C)N(C(=O)ON=C(N)c1ccc2nc(-c3ccc(F)cc3)[nH]c2c1)C(C)C. The molecule has 0 fully saturated rings. The normalized spacial score (nSPS) is 12.0. The summed E-state index contributed by atoms with van der Waals surface area (Å²) < 4.78 is 13.1. The van der Waals surface area contributed by atoms with E-state index in [0.717, 1.165) is 16.6 Å². The number of fused-ring (bicyclic) bond motifs is 1. The van der Waals surface area contributed by atoms with Crippen molar-refractivity contribution >= 4 is 23.0 Å². The van der Waals surface area contributed by atoms with Gasteiger partial charge in [-0.1, -0.05) is 5.16 Å². The van der Waals surface area contributed by atoms with Gasteiger partial charge in [0.05, 0.1) is 11.0 Å². The lowest BCUT2D eigenvalue weighted by molar-refractivity contribution is 0.0816. The van der Waals surface area contributed by atoms with Crippen LogP contribution in [-0.2, 0) is 4.84 Å². The lowest BCUT2D eigenvalue weighted by Gasteiger charge is -2.28. The van der Waals surface area contributed by atoms with Gasteiger partial charge in [0.25, 0.3) is 0 Å². The lowest BCUT2D eigenvalue weighted by atomic mass is 10.2. The number of benzene rings is 2. The van der Waals surface area contributed by atoms with Crippen molar-refractivity contribution in [2.24, 2.45) is 10.9 Å². The molecule has 3 rings (SSSR count). The Morgan fingerprint density at radius 1 is 1.14 bits per heavy atom. The second-order valence-corrected chi connectivity index (χ2v) is 7.25. The number of carbonyl (C=O) groups is 1. The molecule has 29 heavy (non-hydrogen) atoms. The number of hydrogen-bond acceptors (Lipinski definition) is 4. The number of amides is 1. The van der Waals surface area contributed by atoms with E-state index in [0.29, 0.717) is 11.4 Å². The molecule has 0 saturated heterocycles. The number of nitrogens with zero attached hydrogens (tertiary/aromatic N) is 3. The van der Waals surface area contributed by atoms with Crippen molar-refractivity contribution in [1.29, 1.82) is 0 Å². The van der Waals surface area contributed by atoms with E-state index in [4.69, 9.17) is 10.6 Å². The molecule has 0 radical (unpaired) electrons. The van der Waals surface area contributed by atoms with E-state index in [1.165, 1.54) is 12.1 Å². The maximum Gasteiger partial charge on any atom is 0.436 e. The number of H-pyrrole nitrogens is 1. The van der Waals surface area contributed by atoms with E-state index < -0.39 is 6.09 Å². The van der Waals surface area contributed by atoms with Crippen LogP contribution in [0.15, 0.2) is 47.6 Å². The molecule has 0 aliphatic heterocycles. The van der Waals surface area contributed by atoms with Crippen molar-refractivity contribution in [2.45, 2.75) is 39.8 Å². The molecule has 1 aromatic heterocycles. The fraction of sp³-hybridized carbons (Fsp3) is 0.286. The summed E-state index contributed by atoms with van der Waals surface area (Å²) in [6.45, 7) is 7.61. The minimum Gasteiger partial charge on any atom is -0.380 e. The summed E-state index contributed by atoms with van der Waals surface area (Å²) >= 11 is 0. The molecule has 0 aliphatic carbocycles. The van der Waals surface area contributed by atoms with Crippen LogP contribution >= 0.6 is 0 Å². The maximum absolute atomic E-state index is 13.1. The summed E-state index contributed by atoms with van der Waals surface area (Å²) in [6, 6.07) is 11.3. The molecule has 3 N–H and O–H groups in total. The van der Waals surface area contributed by atoms with Crippen LogP contribution in [-0.4, -0.2) is 38.9 Å². The van der Waals surface area contributed by atoms with E-state index in [2.05, 4.69) is 15.1 Å². The first-order valence-electron chi connectivity index (χ1n) is 9.35. The minimum atomic E-state index is -0.556. The fourth-order valence-electron chi connectivity index (χ4n) is 3.12. The summed E-state index contributed by atoms with van der Waals surface area (Å²) in [5.74, 6) is 0.383. The molecule has 2 aromatic carbocycles. The average molecular weight is 397 g/mol. The van der Waals surface area contributed by atoms with Crippen molar-refractivity contribution < 1.29 is 14.0 Å². The van der Waals surface area contributed by atoms with Crippen molar-refractivity contribution in [3.63, 3.8) is 0 Å². The number of amidine groups is 1. The van der Waals surface area contributed by atoms with E-state index >= 15 is 0 Å². The van der Waals surface area contributed by atoms with Gasteiger partial charge in [-0.05, 0) is 70.2 Å². The Morgan fingerprint density at radius 2 is 1.79 bits per heavy atom. The van der Waals surface area contributed by atoms with Crippen LogP contribution < -0.4 is 5.73 Å². The van der Waals surface area contributed by atoms with Gasteiger partial charge in [0.2, 0.25) is 0 Å². The number of aromatic amines is 1. The third kappa shape index (κ3) is 4.53. The standard InChI is InChI=1S/C21H24FN5O2/c1-12(2)27(13(3)4)21(28)29-26-19(23)15-7-10-17-18(11-15)25-20(24-17)14-5-8-16(22)9-6-14/h5-13H,1-4H3,(H2,23,26)(H,24,25). The zero-order valence-electron chi connectivity index (χ0n) is 16.8. The van der Waals surface area contributed by atoms with Gasteiger partial charge < -0.3 is 15.6 Å². The quantitative estimate of drug-likeness (QED) is 0.291. The van der Waals surface area contributed by atoms with Gasteiger partial charge in [-0.15, -0.1) is 0 Å². The number of halogens is 1. The number of aromatic nitrogens is 2. The first kappa shape index (κ1) is 20.3. The van der Waals surface area contributed by atoms with Gasteiger partial charge >= 0.3 is 6.09 Å². The van der Waals surface area contributed by atoms with Crippen molar-refractivity contribution in [3.05, 3.63) is 53.8 Å². The Kier molecular flexibility index (Phi) is 5.81. The van der Waals surface area contributed by atoms with Crippen LogP contribution in [0.25, 0.3) is 22.4 Å². The number of oxime groups is 1. The third-order valence-corrected chi connectivity index (χ3v) is 4.44. The highest BCUT2D eigenvalue weighted by Gasteiger charge is 2.22. The number of nitrogens with two attached hydrogens (primary N) is 1. The Balaban J connectivity index is 1.81. The second kappa shape index (κ2) is 8.30. The predicted octanol–water partition coefficient (Wildman–Crippen LogP) is 4.24. The average Bonchev–Trinajstić information content (AvgIpc) is 3.09. The third-order valence-electron chi connectivity index (χ3n) is 4.44. The van der Waals surface area contributed by atoms with Crippen LogP contribution in [0.5, 0.6) is 0 Å². The van der Waals surface area contributed by atoms with Gasteiger partial charge in [0, 0.05) is 23.2 Å². The second-order valence-electron chi connectivity index (χ2n) is 7.25. The highest BCUT2D eigenvalue weighted by atomic mass is 19.1. The summed E-state index contributed by atoms with van der Waals surface area (Å²) in [6.07, 6.45) is -0.556. The first-order chi connectivity index (χ1) is 13.8. The number of carbonyl (C=O) groups excluding carboxylic acids is 1. The molecule has 7 nitrogen and oxygen atoms in total. The van der Waals surface area contributed by atoms with Crippen molar-refractivity contribution in [2.75, 3.05) is 0 Å². The Labute approximate surface area is 168 Å². The van der Waals surface area contributed by atoms with Gasteiger partial charge in [0.1, 0.15) is 11.6 Å². The molecule has 152 valence electrons. The molecule has 0 spiro atoms. The lowest BCUT2D eigenvalue weighted by Crippen LogP contribution is -2.42. The summed E-state index contributed by atoms with van der Waals surface area (Å²) in [5.41, 5.74) is 8.81. The molecule has 0 bridgehead atoms. The van der Waals surface area contributed by atoms with Gasteiger partial charge in [0.15, 0.2) is 5.84 Å². The van der Waals surface area contributed by atoms with Crippen LogP contribution in [0.4, 0.5) is 9.18 Å². The van der Waals surface area contributed by atoms with E-state index in [9.17, 15) is 9.18 Å². The number of rotatable bonds is 5. The molecular weight excluding hydrogens is 373 g/mol. The van der Waals surface area contributed by atoms with Crippen LogP contribution in [0.3, 0.4) is 0 Å². The minimum absolute atomic E-state index is 0.0230. The summed E-state index contributed by atoms with van der Waals surface area (Å²) in [5, 5.41) is 3.79. The van der Waals surface area contributed by atoms with E-state index in [1.807, 2.05) is 27.7 Å². The Morgan fingerprint density at radius 3 is 2.41 bits per heavy atom. The molecule has 1 heterocycles. The highest BCUT2D eigenvalue weighted by Crippen LogP contribution is 2.21. The van der Waals surface area contributed by atoms with Gasteiger partial charge in [-0.3, -0.25) is 4.84 Å². The number of imidazole rings is 1. The van der Waals surface area contributed by atoms with E-state index in [1.54, 1.807) is 35.2 Å². The van der Waals surface area contributed by atoms with Gasteiger partial charge in [-0.2, -0.15) is 0 Å². The predicted molar refractivity (Wildman–Crippen MR) is 111 cm³/mol. The largest absolute Gasteiger partial charge is 0.436 e. The zero-order valence-corrected chi connectivity index (χ0v) is 16.8. The molecule has 0 unspecified atom stereocenters. The number of nitrogens with one attached hydrogen (secondary N) is 1. The maximum atomic E-state index is 13.1. The molecule has 1 amide bonds. The highest BCUT2D eigenvalue weighted by molar-refractivity contribution is 6.00. The van der Waals surface area contributed by atoms with Crippen LogP contribution in [0.1, 0.15) is 33.3 Å². The summed E-state index contributed by atoms with van der Waals surface area (Å²) in [4.78, 5) is 26.5. The Bertz CT molecular complexity index is 1030. The molecule has 3 aromatic rings. The smallest absolute Gasteiger partial charge is 0.380 e. The summed E-state index contributed by atoms with van der Waals surface area (Å²) in [7, 11) is 0.